The van der Waals surface area contributed by atoms with Crippen molar-refractivity contribution in [3.8, 4) is 0 Å². The van der Waals surface area contributed by atoms with Crippen molar-refractivity contribution in [2.24, 2.45) is 11.3 Å². The quantitative estimate of drug-likeness (QED) is 0.789. The molecule has 136 valence electrons. The zero-order chi connectivity index (χ0) is 18.9. The second-order valence-corrected chi connectivity index (χ2v) is 8.15. The lowest BCUT2D eigenvalue weighted by Gasteiger charge is -2.18. The van der Waals surface area contributed by atoms with Gasteiger partial charge in [-0.05, 0) is 42.2 Å². The van der Waals surface area contributed by atoms with Crippen LogP contribution in [0.3, 0.4) is 0 Å². The van der Waals surface area contributed by atoms with E-state index in [1.54, 1.807) is 6.07 Å². The van der Waals surface area contributed by atoms with Crippen LogP contribution in [0.1, 0.15) is 38.7 Å². The van der Waals surface area contributed by atoms with Crippen LogP contribution in [0.25, 0.3) is 0 Å². The number of benzene rings is 2. The molecule has 2 aromatic carbocycles. The fourth-order valence-corrected chi connectivity index (χ4v) is 3.11. The van der Waals surface area contributed by atoms with Crippen molar-refractivity contribution in [3.05, 3.63) is 59.1 Å². The highest BCUT2D eigenvalue weighted by molar-refractivity contribution is 6.31. The molecule has 0 aromatic heterocycles. The van der Waals surface area contributed by atoms with Gasteiger partial charge in [-0.2, -0.15) is 0 Å². The number of hydrogen-bond donors (Lipinski definition) is 2. The third kappa shape index (κ3) is 4.25. The van der Waals surface area contributed by atoms with E-state index in [1.165, 1.54) is 0 Å². The summed E-state index contributed by atoms with van der Waals surface area (Å²) < 4.78 is 0. The molecular weight excluding hydrogens is 348 g/mol. The average Bonchev–Trinajstić information content (AvgIpc) is 3.35. The molecule has 26 heavy (non-hydrogen) atoms. The minimum atomic E-state index is -0.477. The van der Waals surface area contributed by atoms with Gasteiger partial charge in [0.25, 0.3) is 0 Å². The second-order valence-electron chi connectivity index (χ2n) is 7.74. The first kappa shape index (κ1) is 18.5. The van der Waals surface area contributed by atoms with Crippen LogP contribution in [-0.4, -0.2) is 11.8 Å². The molecule has 0 radical (unpaired) electrons. The molecule has 4 nitrogen and oxygen atoms in total. The summed E-state index contributed by atoms with van der Waals surface area (Å²) in [5.41, 5.74) is 1.89. The maximum atomic E-state index is 12.5. The van der Waals surface area contributed by atoms with Gasteiger partial charge in [0.15, 0.2) is 0 Å². The van der Waals surface area contributed by atoms with Crippen LogP contribution in [0.5, 0.6) is 0 Å². The lowest BCUT2D eigenvalue weighted by Crippen LogP contribution is -2.27. The molecule has 0 heterocycles. The van der Waals surface area contributed by atoms with Crippen LogP contribution in [-0.2, 0) is 9.59 Å². The summed E-state index contributed by atoms with van der Waals surface area (Å²) >= 11 is 6.22. The van der Waals surface area contributed by atoms with Gasteiger partial charge in [0.05, 0.1) is 0 Å². The number of carbonyl (C=O) groups is 2. The summed E-state index contributed by atoms with van der Waals surface area (Å²) in [6.45, 7) is 5.57. The van der Waals surface area contributed by atoms with E-state index in [2.05, 4.69) is 10.6 Å². The predicted octanol–water partition coefficient (Wildman–Crippen LogP) is 5.07. The Balaban J connectivity index is 1.63. The van der Waals surface area contributed by atoms with Crippen LogP contribution in [0, 0.1) is 11.3 Å². The maximum absolute atomic E-state index is 12.5. The molecule has 3 rings (SSSR count). The van der Waals surface area contributed by atoms with Gasteiger partial charge in [-0.1, -0.05) is 56.6 Å². The number of amides is 2. The van der Waals surface area contributed by atoms with Gasteiger partial charge in [0, 0.05) is 27.7 Å². The van der Waals surface area contributed by atoms with Crippen LogP contribution in [0.2, 0.25) is 5.02 Å². The Morgan fingerprint density at radius 3 is 2.31 bits per heavy atom. The minimum absolute atomic E-state index is 0.0192. The topological polar surface area (TPSA) is 58.2 Å². The van der Waals surface area contributed by atoms with Gasteiger partial charge in [-0.15, -0.1) is 0 Å². The Bertz CT molecular complexity index is 842. The van der Waals surface area contributed by atoms with E-state index in [1.807, 2.05) is 63.2 Å². The lowest BCUT2D eigenvalue weighted by molar-refractivity contribution is -0.123. The van der Waals surface area contributed by atoms with Crippen LogP contribution >= 0.6 is 11.6 Å². The van der Waals surface area contributed by atoms with Crippen molar-refractivity contribution >= 4 is 34.8 Å². The molecule has 2 amide bonds. The fraction of sp³-hybridized carbons (Fsp3) is 0.333. The van der Waals surface area contributed by atoms with Crippen LogP contribution in [0.15, 0.2) is 48.5 Å². The number of rotatable bonds is 4. The Hall–Kier alpha value is -2.33. The molecule has 2 atom stereocenters. The summed E-state index contributed by atoms with van der Waals surface area (Å²) in [5.74, 6) is 0.0198. The number of carbonyl (C=O) groups excluding carboxylic acids is 2. The molecule has 2 N–H and O–H groups in total. The van der Waals surface area contributed by atoms with Gasteiger partial charge in [0.2, 0.25) is 11.8 Å². The van der Waals surface area contributed by atoms with E-state index >= 15 is 0 Å². The molecule has 0 aliphatic heterocycles. The smallest absolute Gasteiger partial charge is 0.229 e. The molecule has 2 aromatic rings. The Labute approximate surface area is 158 Å². The number of hydrogen-bond acceptors (Lipinski definition) is 2. The molecule has 1 fully saturated rings. The lowest BCUT2D eigenvalue weighted by atomic mass is 9.95. The second kappa shape index (κ2) is 7.12. The van der Waals surface area contributed by atoms with E-state index < -0.39 is 5.41 Å². The average molecular weight is 371 g/mol. The van der Waals surface area contributed by atoms with Crippen LogP contribution < -0.4 is 10.6 Å². The summed E-state index contributed by atoms with van der Waals surface area (Å²) in [6, 6.07) is 14.9. The molecule has 1 aliphatic rings. The molecule has 2 unspecified atom stereocenters. The van der Waals surface area contributed by atoms with Crippen molar-refractivity contribution in [1.82, 2.24) is 0 Å². The van der Waals surface area contributed by atoms with Gasteiger partial charge in [-0.25, -0.2) is 0 Å². The summed E-state index contributed by atoms with van der Waals surface area (Å²) in [6.07, 6.45) is 0.802. The number of nitrogens with one attached hydrogen (secondary N) is 2. The van der Waals surface area contributed by atoms with E-state index in [0.29, 0.717) is 16.4 Å². The van der Waals surface area contributed by atoms with Crippen LogP contribution in [0.4, 0.5) is 11.4 Å². The monoisotopic (exact) mass is 370 g/mol. The van der Waals surface area contributed by atoms with Gasteiger partial charge < -0.3 is 10.6 Å². The van der Waals surface area contributed by atoms with Gasteiger partial charge in [-0.3, -0.25) is 9.59 Å². The zero-order valence-electron chi connectivity index (χ0n) is 15.2. The van der Waals surface area contributed by atoms with Crippen molar-refractivity contribution in [2.75, 3.05) is 10.6 Å². The molecule has 1 aliphatic carbocycles. The molecular formula is C21H23ClN2O2. The van der Waals surface area contributed by atoms with Crippen molar-refractivity contribution in [1.29, 1.82) is 0 Å². The van der Waals surface area contributed by atoms with Crippen molar-refractivity contribution in [2.45, 2.75) is 33.1 Å². The number of anilines is 2. The summed E-state index contributed by atoms with van der Waals surface area (Å²) in [4.78, 5) is 24.6. The highest BCUT2D eigenvalue weighted by atomic mass is 35.5. The van der Waals surface area contributed by atoms with E-state index in [0.717, 1.165) is 12.0 Å². The first-order chi connectivity index (χ1) is 12.3. The fourth-order valence-electron chi connectivity index (χ4n) is 2.83. The standard InChI is InChI=1S/C21H23ClN2O2/c1-21(2,3)20(26)24-14-8-6-7-13(11-14)23-19(25)17-12-16(17)15-9-4-5-10-18(15)22/h4-11,16-17H,12H2,1-3H3,(H,23,25)(H,24,26). The van der Waals surface area contributed by atoms with Gasteiger partial charge in [0.1, 0.15) is 0 Å². The Kier molecular flexibility index (Phi) is 5.05. The maximum Gasteiger partial charge on any atom is 0.229 e. The molecule has 5 heteroatoms. The molecule has 0 spiro atoms. The third-order valence-corrected chi connectivity index (χ3v) is 4.85. The SMILES string of the molecule is CC(C)(C)C(=O)Nc1cccc(NC(=O)C2CC2c2ccccc2Cl)c1. The highest BCUT2D eigenvalue weighted by Crippen LogP contribution is 2.50. The Morgan fingerprint density at radius 2 is 1.65 bits per heavy atom. The number of halogens is 1. The normalized spacial score (nSPS) is 18.9. The minimum Gasteiger partial charge on any atom is -0.326 e. The molecule has 0 bridgehead atoms. The van der Waals surface area contributed by atoms with E-state index in [-0.39, 0.29) is 23.7 Å². The van der Waals surface area contributed by atoms with E-state index in [4.69, 9.17) is 11.6 Å². The first-order valence-electron chi connectivity index (χ1n) is 8.72. The van der Waals surface area contributed by atoms with Crippen molar-refractivity contribution < 1.29 is 9.59 Å². The zero-order valence-corrected chi connectivity index (χ0v) is 15.9. The molecule has 1 saturated carbocycles. The first-order valence-corrected chi connectivity index (χ1v) is 9.10. The van der Waals surface area contributed by atoms with Crippen molar-refractivity contribution in [3.63, 3.8) is 0 Å². The summed E-state index contributed by atoms with van der Waals surface area (Å²) in [5, 5.41) is 6.52. The van der Waals surface area contributed by atoms with Gasteiger partial charge >= 0.3 is 0 Å². The predicted molar refractivity (Wildman–Crippen MR) is 105 cm³/mol. The third-order valence-electron chi connectivity index (χ3n) is 4.50. The van der Waals surface area contributed by atoms with E-state index in [9.17, 15) is 9.59 Å². The Morgan fingerprint density at radius 1 is 1.00 bits per heavy atom. The highest BCUT2D eigenvalue weighted by Gasteiger charge is 2.44. The molecule has 0 saturated heterocycles. The summed E-state index contributed by atoms with van der Waals surface area (Å²) in [7, 11) is 0. The largest absolute Gasteiger partial charge is 0.326 e.